The van der Waals surface area contributed by atoms with Crippen LogP contribution in [0.4, 0.5) is 17.5 Å². The van der Waals surface area contributed by atoms with E-state index in [0.29, 0.717) is 18.4 Å². The molecular weight excluding hydrogens is 290 g/mol. The van der Waals surface area contributed by atoms with Crippen molar-refractivity contribution in [3.05, 3.63) is 36.0 Å². The minimum absolute atomic E-state index is 0.0469. The normalized spacial score (nSPS) is 11.3. The molecule has 0 fully saturated rings. The van der Waals surface area contributed by atoms with Crippen LogP contribution in [0.5, 0.6) is 0 Å². The van der Waals surface area contributed by atoms with Gasteiger partial charge in [0.2, 0.25) is 5.95 Å². The third-order valence-electron chi connectivity index (χ3n) is 3.36. The Labute approximate surface area is 137 Å². The first kappa shape index (κ1) is 17.1. The van der Waals surface area contributed by atoms with Crippen molar-refractivity contribution in [3.63, 3.8) is 0 Å². The highest BCUT2D eigenvalue weighted by atomic mass is 16.5. The quantitative estimate of drug-likeness (QED) is 0.763. The van der Waals surface area contributed by atoms with Gasteiger partial charge in [0.1, 0.15) is 0 Å². The van der Waals surface area contributed by atoms with E-state index in [1.807, 2.05) is 18.2 Å². The van der Waals surface area contributed by atoms with E-state index in [9.17, 15) is 0 Å². The van der Waals surface area contributed by atoms with Crippen molar-refractivity contribution >= 4 is 17.5 Å². The summed E-state index contributed by atoms with van der Waals surface area (Å²) in [4.78, 5) is 4.45. The van der Waals surface area contributed by atoms with Crippen LogP contribution in [0.15, 0.2) is 30.5 Å². The van der Waals surface area contributed by atoms with Gasteiger partial charge in [-0.2, -0.15) is 10.1 Å². The van der Waals surface area contributed by atoms with Crippen LogP contribution in [0.25, 0.3) is 0 Å². The zero-order valence-corrected chi connectivity index (χ0v) is 14.3. The summed E-state index contributed by atoms with van der Waals surface area (Å²) in [6, 6.07) is 8.23. The molecular formula is C17H25N5O. The fourth-order valence-corrected chi connectivity index (χ4v) is 2.24. The molecule has 2 rings (SSSR count). The van der Waals surface area contributed by atoms with Crippen LogP contribution in [0.1, 0.15) is 32.8 Å². The van der Waals surface area contributed by atoms with E-state index in [4.69, 9.17) is 4.74 Å². The fourth-order valence-electron chi connectivity index (χ4n) is 2.24. The Kier molecular flexibility index (Phi) is 5.87. The van der Waals surface area contributed by atoms with Crippen LogP contribution in [-0.2, 0) is 10.2 Å². The number of ether oxygens (including phenoxy) is 1. The molecule has 0 bridgehead atoms. The first-order valence-corrected chi connectivity index (χ1v) is 7.80. The van der Waals surface area contributed by atoms with Crippen LogP contribution in [0.2, 0.25) is 0 Å². The topological polar surface area (TPSA) is 72.0 Å². The van der Waals surface area contributed by atoms with Crippen molar-refractivity contribution in [2.24, 2.45) is 0 Å². The number of nitrogens with zero attached hydrogens (tertiary/aromatic N) is 3. The molecule has 6 heteroatoms. The second-order valence-corrected chi connectivity index (χ2v) is 6.36. The van der Waals surface area contributed by atoms with Crippen LogP contribution in [0, 0.1) is 0 Å². The van der Waals surface area contributed by atoms with E-state index in [1.54, 1.807) is 13.3 Å². The maximum atomic E-state index is 5.02. The minimum atomic E-state index is 0.0469. The molecule has 0 amide bonds. The standard InChI is InChI=1S/C17H25N5O/c1-17(2,3)13-8-5-6-9-14(13)20-15-12-19-22-16(21-15)18-10-7-11-23-4/h5-6,8-9,12H,7,10-11H2,1-4H3,(H2,18,20,21,22). The minimum Gasteiger partial charge on any atom is -0.385 e. The third-order valence-corrected chi connectivity index (χ3v) is 3.36. The summed E-state index contributed by atoms with van der Waals surface area (Å²) in [6.07, 6.45) is 2.52. The van der Waals surface area contributed by atoms with Crippen LogP contribution in [0.3, 0.4) is 0 Å². The molecule has 0 radical (unpaired) electrons. The lowest BCUT2D eigenvalue weighted by atomic mass is 9.86. The number of para-hydroxylation sites is 1. The molecule has 0 unspecified atom stereocenters. The molecule has 1 heterocycles. The highest BCUT2D eigenvalue weighted by Gasteiger charge is 2.17. The summed E-state index contributed by atoms with van der Waals surface area (Å²) < 4.78 is 5.02. The number of anilines is 3. The monoisotopic (exact) mass is 315 g/mol. The Hall–Kier alpha value is -2.21. The van der Waals surface area contributed by atoms with Crippen molar-refractivity contribution in [1.29, 1.82) is 0 Å². The summed E-state index contributed by atoms with van der Waals surface area (Å²) in [5, 5.41) is 14.5. The lowest BCUT2D eigenvalue weighted by Gasteiger charge is -2.23. The first-order valence-electron chi connectivity index (χ1n) is 7.80. The molecule has 0 saturated heterocycles. The highest BCUT2D eigenvalue weighted by Crippen LogP contribution is 2.30. The summed E-state index contributed by atoms with van der Waals surface area (Å²) in [6.45, 7) is 8.02. The van der Waals surface area contributed by atoms with Gasteiger partial charge in [-0.25, -0.2) is 0 Å². The Morgan fingerprint density at radius 2 is 1.96 bits per heavy atom. The number of rotatable bonds is 7. The van der Waals surface area contributed by atoms with E-state index in [0.717, 1.165) is 18.7 Å². The average molecular weight is 315 g/mol. The van der Waals surface area contributed by atoms with Gasteiger partial charge in [-0.3, -0.25) is 0 Å². The van der Waals surface area contributed by atoms with Crippen molar-refractivity contribution < 1.29 is 4.74 Å². The van der Waals surface area contributed by atoms with Crippen molar-refractivity contribution in [2.45, 2.75) is 32.6 Å². The van der Waals surface area contributed by atoms with E-state index in [2.05, 4.69) is 52.7 Å². The molecule has 0 aliphatic heterocycles. The molecule has 0 spiro atoms. The zero-order chi connectivity index (χ0) is 16.7. The molecule has 1 aromatic heterocycles. The van der Waals surface area contributed by atoms with E-state index < -0.39 is 0 Å². The molecule has 2 N–H and O–H groups in total. The molecule has 23 heavy (non-hydrogen) atoms. The van der Waals surface area contributed by atoms with Gasteiger partial charge in [0.05, 0.1) is 6.20 Å². The van der Waals surface area contributed by atoms with Gasteiger partial charge in [-0.15, -0.1) is 5.10 Å². The summed E-state index contributed by atoms with van der Waals surface area (Å²) in [7, 11) is 1.69. The molecule has 6 nitrogen and oxygen atoms in total. The Morgan fingerprint density at radius 3 is 2.70 bits per heavy atom. The predicted octanol–water partition coefficient (Wildman–Crippen LogP) is 3.36. The van der Waals surface area contributed by atoms with Gasteiger partial charge < -0.3 is 15.4 Å². The predicted molar refractivity (Wildman–Crippen MR) is 93.2 cm³/mol. The molecule has 2 aromatic rings. The van der Waals surface area contributed by atoms with Gasteiger partial charge in [-0.1, -0.05) is 39.0 Å². The molecule has 0 aliphatic carbocycles. The number of hydrogen-bond acceptors (Lipinski definition) is 6. The van der Waals surface area contributed by atoms with Gasteiger partial charge in [-0.05, 0) is 23.5 Å². The maximum Gasteiger partial charge on any atom is 0.244 e. The van der Waals surface area contributed by atoms with E-state index in [1.165, 1.54) is 5.56 Å². The van der Waals surface area contributed by atoms with Crippen molar-refractivity contribution in [2.75, 3.05) is 30.9 Å². The van der Waals surface area contributed by atoms with Gasteiger partial charge in [0, 0.05) is 25.9 Å². The van der Waals surface area contributed by atoms with Crippen LogP contribution in [-0.4, -0.2) is 35.4 Å². The van der Waals surface area contributed by atoms with Crippen LogP contribution >= 0.6 is 0 Å². The lowest BCUT2D eigenvalue weighted by Crippen LogP contribution is -2.14. The maximum absolute atomic E-state index is 5.02. The average Bonchev–Trinajstić information content (AvgIpc) is 2.51. The Morgan fingerprint density at radius 1 is 1.17 bits per heavy atom. The first-order chi connectivity index (χ1) is 11.0. The number of hydrogen-bond donors (Lipinski definition) is 2. The second kappa shape index (κ2) is 7.87. The Bertz CT molecular complexity index is 624. The fraction of sp³-hybridized carbons (Fsp3) is 0.471. The molecule has 0 atom stereocenters. The molecule has 0 aliphatic rings. The number of nitrogens with one attached hydrogen (secondary N) is 2. The molecule has 124 valence electrons. The van der Waals surface area contributed by atoms with Gasteiger partial charge in [0.15, 0.2) is 5.82 Å². The SMILES string of the molecule is COCCCNc1nncc(Nc2ccccc2C(C)(C)C)n1. The number of methoxy groups -OCH3 is 1. The second-order valence-electron chi connectivity index (χ2n) is 6.36. The largest absolute Gasteiger partial charge is 0.385 e. The van der Waals surface area contributed by atoms with Crippen molar-refractivity contribution in [1.82, 2.24) is 15.2 Å². The van der Waals surface area contributed by atoms with Crippen LogP contribution < -0.4 is 10.6 Å². The highest BCUT2D eigenvalue weighted by molar-refractivity contribution is 5.62. The lowest BCUT2D eigenvalue weighted by molar-refractivity contribution is 0.197. The summed E-state index contributed by atoms with van der Waals surface area (Å²) in [5.74, 6) is 1.19. The van der Waals surface area contributed by atoms with Gasteiger partial charge >= 0.3 is 0 Å². The van der Waals surface area contributed by atoms with E-state index in [-0.39, 0.29) is 5.41 Å². The molecule has 0 saturated carbocycles. The van der Waals surface area contributed by atoms with Gasteiger partial charge in [0.25, 0.3) is 0 Å². The number of benzene rings is 1. The van der Waals surface area contributed by atoms with E-state index >= 15 is 0 Å². The summed E-state index contributed by atoms with van der Waals surface area (Å²) in [5.41, 5.74) is 2.31. The number of aromatic nitrogens is 3. The smallest absolute Gasteiger partial charge is 0.244 e. The van der Waals surface area contributed by atoms with Crippen molar-refractivity contribution in [3.8, 4) is 0 Å². The molecule has 1 aromatic carbocycles. The Balaban J connectivity index is 2.09. The third kappa shape index (κ3) is 5.17. The summed E-state index contributed by atoms with van der Waals surface area (Å²) >= 11 is 0. The zero-order valence-electron chi connectivity index (χ0n) is 14.3.